The number of alkyl carbamates (subject to hydrolysis) is 1. The molecule has 0 aliphatic rings. The van der Waals surface area contributed by atoms with Gasteiger partial charge < -0.3 is 20.4 Å². The molecule has 0 fully saturated rings. The molecule has 38 heavy (non-hydrogen) atoms. The molecule has 3 N–H and O–H groups in total. The van der Waals surface area contributed by atoms with Gasteiger partial charge in [-0.2, -0.15) is 0 Å². The zero-order chi connectivity index (χ0) is 27.6. The highest BCUT2D eigenvalue weighted by molar-refractivity contribution is 7.13. The van der Waals surface area contributed by atoms with Gasteiger partial charge in [-0.1, -0.05) is 50.2 Å². The van der Waals surface area contributed by atoms with Crippen LogP contribution in [0, 0.1) is 5.92 Å². The Morgan fingerprint density at radius 3 is 2.39 bits per heavy atom. The van der Waals surface area contributed by atoms with Crippen molar-refractivity contribution in [3.63, 3.8) is 0 Å². The minimum Gasteiger partial charge on any atom is -0.444 e. The fourth-order valence-corrected chi connectivity index (χ4v) is 5.09. The number of nitrogens with zero attached hydrogens (tertiary/aromatic N) is 2. The van der Waals surface area contributed by atoms with Gasteiger partial charge in [0.05, 0.1) is 6.54 Å². The van der Waals surface area contributed by atoms with E-state index in [-0.39, 0.29) is 23.7 Å². The second-order valence-corrected chi connectivity index (χ2v) is 11.4. The van der Waals surface area contributed by atoms with Gasteiger partial charge in [0.25, 0.3) is 11.5 Å². The number of primary amides is 1. The normalized spacial score (nSPS) is 11.6. The summed E-state index contributed by atoms with van der Waals surface area (Å²) in [5.74, 6) is -0.402. The van der Waals surface area contributed by atoms with Crippen molar-refractivity contribution in [1.82, 2.24) is 14.9 Å². The van der Waals surface area contributed by atoms with Gasteiger partial charge in [-0.25, -0.2) is 9.78 Å². The van der Waals surface area contributed by atoms with Crippen LogP contribution in [0.2, 0.25) is 0 Å². The number of rotatable bonds is 7. The summed E-state index contributed by atoms with van der Waals surface area (Å²) in [4.78, 5) is 42.4. The number of carbonyl (C=O) groups excluding carboxylic acids is 2. The van der Waals surface area contributed by atoms with Crippen molar-refractivity contribution < 1.29 is 14.3 Å². The number of carbonyl (C=O) groups is 2. The second-order valence-electron chi connectivity index (χ2n) is 10.5. The lowest BCUT2D eigenvalue weighted by atomic mass is 9.95. The molecule has 198 valence electrons. The first-order valence-electron chi connectivity index (χ1n) is 12.4. The molecule has 0 radical (unpaired) electrons. The van der Waals surface area contributed by atoms with Crippen LogP contribution in [0.4, 0.5) is 4.79 Å². The summed E-state index contributed by atoms with van der Waals surface area (Å²) in [5.41, 5.74) is 8.00. The molecule has 0 saturated carbocycles. The lowest BCUT2D eigenvalue weighted by molar-refractivity contribution is 0.0522. The molecular formula is C29H32N4O4S. The molecule has 2 aromatic carbocycles. The van der Waals surface area contributed by atoms with Gasteiger partial charge in [-0.3, -0.25) is 9.59 Å². The number of ether oxygens (including phenoxy) is 1. The van der Waals surface area contributed by atoms with Crippen LogP contribution < -0.4 is 16.6 Å². The van der Waals surface area contributed by atoms with Gasteiger partial charge in [0.2, 0.25) is 0 Å². The Labute approximate surface area is 225 Å². The van der Waals surface area contributed by atoms with Gasteiger partial charge in [-0.15, -0.1) is 11.3 Å². The summed E-state index contributed by atoms with van der Waals surface area (Å²) in [7, 11) is 0. The quantitative estimate of drug-likeness (QED) is 0.323. The van der Waals surface area contributed by atoms with Gasteiger partial charge in [0.1, 0.15) is 16.3 Å². The first-order valence-corrected chi connectivity index (χ1v) is 13.3. The van der Waals surface area contributed by atoms with E-state index in [1.165, 1.54) is 11.3 Å². The van der Waals surface area contributed by atoms with Crippen LogP contribution in [0.5, 0.6) is 0 Å². The third-order valence-electron chi connectivity index (χ3n) is 5.79. The molecule has 0 aliphatic heterocycles. The Kier molecular flexibility index (Phi) is 7.68. The van der Waals surface area contributed by atoms with Crippen molar-refractivity contribution in [3.8, 4) is 21.7 Å². The number of hydrogen-bond donors (Lipinski definition) is 2. The van der Waals surface area contributed by atoms with Crippen LogP contribution >= 0.6 is 11.3 Å². The second kappa shape index (κ2) is 10.8. The molecule has 0 unspecified atom stereocenters. The maximum Gasteiger partial charge on any atom is 0.407 e. The molecule has 0 bridgehead atoms. The SMILES string of the molecule is CC(C)Cn1c(CNC(=O)OC(C)(C)C)c(-c2ccccc2)c2cc(-c3nc(C(N)=O)cs3)ccc2c1=O. The Hall–Kier alpha value is -3.98. The zero-order valence-electron chi connectivity index (χ0n) is 22.2. The molecule has 2 aromatic heterocycles. The van der Waals surface area contributed by atoms with Crippen molar-refractivity contribution >= 4 is 34.1 Å². The highest BCUT2D eigenvalue weighted by atomic mass is 32.1. The molecular weight excluding hydrogens is 500 g/mol. The molecule has 0 spiro atoms. The standard InChI is InChI=1S/C29H32N4O4S/c1-17(2)15-33-23(14-31-28(36)37-29(3,4)5)24(18-9-7-6-8-10-18)21-13-19(11-12-20(21)27(33)35)26-32-22(16-38-26)25(30)34/h6-13,16-17H,14-15H2,1-5H3,(H2,30,34)(H,31,36). The molecule has 8 nitrogen and oxygen atoms in total. The van der Waals surface area contributed by atoms with Gasteiger partial charge >= 0.3 is 6.09 Å². The van der Waals surface area contributed by atoms with Crippen LogP contribution in [0.15, 0.2) is 58.7 Å². The van der Waals surface area contributed by atoms with Gasteiger partial charge in [0, 0.05) is 34.1 Å². The van der Waals surface area contributed by atoms with Crippen LogP contribution in [0.1, 0.15) is 50.8 Å². The van der Waals surface area contributed by atoms with Crippen molar-refractivity contribution in [3.05, 3.63) is 75.7 Å². The third kappa shape index (κ3) is 5.94. The number of benzene rings is 2. The minimum atomic E-state index is -0.653. The summed E-state index contributed by atoms with van der Waals surface area (Å²) in [6.45, 7) is 10.1. The summed E-state index contributed by atoms with van der Waals surface area (Å²) in [6, 6.07) is 15.3. The molecule has 4 rings (SSSR count). The molecule has 9 heteroatoms. The van der Waals surface area contributed by atoms with Gasteiger partial charge in [-0.05, 0) is 49.8 Å². The van der Waals surface area contributed by atoms with Gasteiger partial charge in [0.15, 0.2) is 0 Å². The van der Waals surface area contributed by atoms with E-state index in [2.05, 4.69) is 10.3 Å². The average Bonchev–Trinajstić information content (AvgIpc) is 3.34. The maximum atomic E-state index is 13.8. The smallest absolute Gasteiger partial charge is 0.407 e. The van der Waals surface area contributed by atoms with Crippen LogP contribution in [0.25, 0.3) is 32.5 Å². The van der Waals surface area contributed by atoms with Crippen LogP contribution in [-0.2, 0) is 17.8 Å². The molecule has 2 amide bonds. The van der Waals surface area contributed by atoms with E-state index in [4.69, 9.17) is 10.5 Å². The van der Waals surface area contributed by atoms with E-state index in [1.807, 2.05) is 56.3 Å². The van der Waals surface area contributed by atoms with Crippen molar-refractivity contribution in [1.29, 1.82) is 0 Å². The highest BCUT2D eigenvalue weighted by Gasteiger charge is 2.22. The number of amides is 2. The summed E-state index contributed by atoms with van der Waals surface area (Å²) >= 11 is 1.31. The molecule has 0 aliphatic carbocycles. The monoisotopic (exact) mass is 532 g/mol. The average molecular weight is 533 g/mol. The minimum absolute atomic E-state index is 0.102. The van der Waals surface area contributed by atoms with E-state index in [9.17, 15) is 14.4 Å². The third-order valence-corrected chi connectivity index (χ3v) is 6.68. The molecule has 2 heterocycles. The molecule has 4 aromatic rings. The lowest BCUT2D eigenvalue weighted by Gasteiger charge is -2.23. The zero-order valence-corrected chi connectivity index (χ0v) is 23.0. The highest BCUT2D eigenvalue weighted by Crippen LogP contribution is 2.34. The topological polar surface area (TPSA) is 116 Å². The predicted molar refractivity (Wildman–Crippen MR) is 151 cm³/mol. The largest absolute Gasteiger partial charge is 0.444 e. The Morgan fingerprint density at radius 2 is 1.79 bits per heavy atom. The number of hydrogen-bond acceptors (Lipinski definition) is 6. The van der Waals surface area contributed by atoms with Crippen LogP contribution in [0.3, 0.4) is 0 Å². The fraction of sp³-hybridized carbons (Fsp3) is 0.310. The van der Waals surface area contributed by atoms with Crippen molar-refractivity contribution in [2.75, 3.05) is 0 Å². The van der Waals surface area contributed by atoms with Crippen molar-refractivity contribution in [2.45, 2.75) is 53.3 Å². The van der Waals surface area contributed by atoms with E-state index in [0.717, 1.165) is 22.1 Å². The number of fused-ring (bicyclic) bond motifs is 1. The van der Waals surface area contributed by atoms with E-state index in [0.29, 0.717) is 22.6 Å². The molecule has 0 saturated heterocycles. The van der Waals surface area contributed by atoms with Crippen LogP contribution in [-0.4, -0.2) is 27.2 Å². The first-order chi connectivity index (χ1) is 17.9. The number of aromatic nitrogens is 2. The molecule has 0 atom stereocenters. The number of nitrogens with one attached hydrogen (secondary N) is 1. The van der Waals surface area contributed by atoms with E-state index < -0.39 is 17.6 Å². The Morgan fingerprint density at radius 1 is 1.08 bits per heavy atom. The fourth-order valence-electron chi connectivity index (χ4n) is 4.29. The summed E-state index contributed by atoms with van der Waals surface area (Å²) in [6.07, 6.45) is -0.560. The maximum absolute atomic E-state index is 13.8. The number of nitrogens with two attached hydrogens (primary N) is 1. The van der Waals surface area contributed by atoms with Crippen molar-refractivity contribution in [2.24, 2.45) is 11.7 Å². The van der Waals surface area contributed by atoms with E-state index >= 15 is 0 Å². The predicted octanol–water partition coefficient (Wildman–Crippen LogP) is 5.57. The van der Waals surface area contributed by atoms with E-state index in [1.54, 1.807) is 36.8 Å². The summed E-state index contributed by atoms with van der Waals surface area (Å²) < 4.78 is 7.21. The number of pyridine rings is 1. The first kappa shape index (κ1) is 27.1. The summed E-state index contributed by atoms with van der Waals surface area (Å²) in [5, 5.41) is 6.39. The Balaban J connectivity index is 1.97. The Bertz CT molecular complexity index is 1550. The number of thiazole rings is 1. The lowest BCUT2D eigenvalue weighted by Crippen LogP contribution is -2.35.